The molecule has 3 fully saturated rings. The zero-order chi connectivity index (χ0) is 22.1. The third kappa shape index (κ3) is 4.67. The number of hydrogen-bond donors (Lipinski definition) is 4. The smallest absolute Gasteiger partial charge is 0.328 e. The predicted octanol–water partition coefficient (Wildman–Crippen LogP) is 3.55. The number of carboxylic acid groups (broad SMARTS) is 1. The summed E-state index contributed by atoms with van der Waals surface area (Å²) in [4.78, 5) is 36.1. The van der Waals surface area contributed by atoms with Gasteiger partial charge in [-0.2, -0.15) is 0 Å². The first-order valence-electron chi connectivity index (χ1n) is 10.1. The van der Waals surface area contributed by atoms with E-state index in [0.29, 0.717) is 23.8 Å². The molecule has 164 valence electrons. The van der Waals surface area contributed by atoms with Gasteiger partial charge >= 0.3 is 12.0 Å². The van der Waals surface area contributed by atoms with Gasteiger partial charge in [-0.25, -0.2) is 9.59 Å². The Bertz CT molecular complexity index is 823. The molecule has 4 rings (SSSR count). The van der Waals surface area contributed by atoms with E-state index < -0.39 is 23.9 Å². The number of halogens is 2. The molecule has 3 unspecified atom stereocenters. The van der Waals surface area contributed by atoms with Crippen LogP contribution in [0.15, 0.2) is 18.2 Å². The van der Waals surface area contributed by atoms with Crippen molar-refractivity contribution >= 4 is 41.1 Å². The minimum absolute atomic E-state index is 0.00440. The van der Waals surface area contributed by atoms with Crippen LogP contribution in [0.4, 0.5) is 4.79 Å². The first-order chi connectivity index (χ1) is 14.1. The third-order valence-electron chi connectivity index (χ3n) is 6.79. The van der Waals surface area contributed by atoms with Gasteiger partial charge in [0.25, 0.3) is 5.91 Å². The molecule has 1 aromatic rings. The van der Waals surface area contributed by atoms with E-state index in [1.54, 1.807) is 6.07 Å². The van der Waals surface area contributed by atoms with Crippen molar-refractivity contribution in [3.63, 3.8) is 0 Å². The molecule has 3 aliphatic rings. The maximum absolute atomic E-state index is 12.4. The number of rotatable bonds is 7. The van der Waals surface area contributed by atoms with Crippen molar-refractivity contribution in [2.24, 2.45) is 23.2 Å². The topological polar surface area (TPSA) is 108 Å². The second-order valence-corrected chi connectivity index (χ2v) is 9.56. The Morgan fingerprint density at radius 3 is 2.40 bits per heavy atom. The van der Waals surface area contributed by atoms with Gasteiger partial charge < -0.3 is 21.1 Å². The number of nitrogens with one attached hydrogen (secondary N) is 3. The van der Waals surface area contributed by atoms with Gasteiger partial charge in [0.2, 0.25) is 0 Å². The molecule has 3 aliphatic carbocycles. The molecular formula is C21H27Cl2N3O4. The van der Waals surface area contributed by atoms with E-state index in [2.05, 4.69) is 29.8 Å². The summed E-state index contributed by atoms with van der Waals surface area (Å²) in [6.45, 7) is 4.88. The number of urea groups is 1. The Labute approximate surface area is 185 Å². The van der Waals surface area contributed by atoms with Crippen molar-refractivity contribution in [2.45, 2.75) is 39.2 Å². The van der Waals surface area contributed by atoms with E-state index in [0.717, 1.165) is 12.3 Å². The molecule has 0 radical (unpaired) electrons. The predicted molar refractivity (Wildman–Crippen MR) is 115 cm³/mol. The molecular weight excluding hydrogens is 429 g/mol. The zero-order valence-electron chi connectivity index (χ0n) is 17.0. The van der Waals surface area contributed by atoms with E-state index in [1.165, 1.54) is 25.0 Å². The monoisotopic (exact) mass is 455 g/mol. The number of benzene rings is 1. The van der Waals surface area contributed by atoms with E-state index in [1.807, 2.05) is 0 Å². The third-order valence-corrected chi connectivity index (χ3v) is 7.42. The molecule has 0 aliphatic heterocycles. The second-order valence-electron chi connectivity index (χ2n) is 8.75. The fraction of sp³-hybridized carbons (Fsp3) is 0.571. The van der Waals surface area contributed by atoms with Crippen LogP contribution in [0.5, 0.6) is 0 Å². The summed E-state index contributed by atoms with van der Waals surface area (Å²) in [5.41, 5.74) is 0.329. The molecule has 4 N–H and O–H groups in total. The number of amides is 3. The van der Waals surface area contributed by atoms with E-state index in [9.17, 15) is 19.5 Å². The molecule has 4 atom stereocenters. The average molecular weight is 456 g/mol. The molecule has 1 aromatic carbocycles. The molecule has 30 heavy (non-hydrogen) atoms. The Morgan fingerprint density at radius 1 is 1.17 bits per heavy atom. The number of carboxylic acids is 1. The molecule has 0 spiro atoms. The van der Waals surface area contributed by atoms with Gasteiger partial charge in [0, 0.05) is 6.54 Å². The fourth-order valence-electron chi connectivity index (χ4n) is 4.83. The number of carbonyl (C=O) groups excluding carboxylic acids is 2. The molecule has 9 heteroatoms. The number of hydrogen-bond acceptors (Lipinski definition) is 3. The van der Waals surface area contributed by atoms with Crippen LogP contribution in [0.1, 0.15) is 43.5 Å². The standard InChI is InChI=1S/C21H27Cl2N3O4/c1-21(2)12-7-6-11(13(21)8-12)9-24-20(30)25-10-16(19(28)29)26-18(27)17-14(22)4-3-5-15(17)23/h3-5,11-13,16H,6-10H2,1-2H3,(H,26,27)(H,28,29)(H2,24,25,30)/t11?,12?,13?,16-/m0/s1. The van der Waals surface area contributed by atoms with Crippen molar-refractivity contribution in [3.8, 4) is 0 Å². The molecule has 0 heterocycles. The van der Waals surface area contributed by atoms with Crippen LogP contribution in [0, 0.1) is 23.2 Å². The van der Waals surface area contributed by atoms with Crippen LogP contribution < -0.4 is 16.0 Å². The highest BCUT2D eigenvalue weighted by Gasteiger charge is 2.53. The lowest BCUT2D eigenvalue weighted by Gasteiger charge is -2.60. The highest BCUT2D eigenvalue weighted by atomic mass is 35.5. The van der Waals surface area contributed by atoms with Gasteiger partial charge in [0.1, 0.15) is 6.04 Å². The Morgan fingerprint density at radius 2 is 1.83 bits per heavy atom. The van der Waals surface area contributed by atoms with Crippen LogP contribution >= 0.6 is 23.2 Å². The summed E-state index contributed by atoms with van der Waals surface area (Å²) in [5, 5.41) is 17.3. The van der Waals surface area contributed by atoms with Crippen molar-refractivity contribution < 1.29 is 19.5 Å². The summed E-state index contributed by atoms with van der Waals surface area (Å²) in [7, 11) is 0. The van der Waals surface area contributed by atoms with Crippen molar-refractivity contribution in [3.05, 3.63) is 33.8 Å². The Hall–Kier alpha value is -1.99. The summed E-state index contributed by atoms with van der Waals surface area (Å²) in [6.07, 6.45) is 3.51. The van der Waals surface area contributed by atoms with Crippen molar-refractivity contribution in [2.75, 3.05) is 13.1 Å². The van der Waals surface area contributed by atoms with E-state index >= 15 is 0 Å². The quantitative estimate of drug-likeness (QED) is 0.503. The second kappa shape index (κ2) is 9.02. The maximum atomic E-state index is 12.4. The van der Waals surface area contributed by atoms with Crippen LogP contribution in [0.25, 0.3) is 0 Å². The van der Waals surface area contributed by atoms with Crippen molar-refractivity contribution in [1.82, 2.24) is 16.0 Å². The number of fused-ring (bicyclic) bond motifs is 2. The van der Waals surface area contributed by atoms with E-state index in [4.69, 9.17) is 23.2 Å². The summed E-state index contributed by atoms with van der Waals surface area (Å²) in [6, 6.07) is 2.78. The SMILES string of the molecule is CC1(C)C2CCC(CNC(=O)NC[C@H](NC(=O)c3c(Cl)cccc3Cl)C(=O)O)C1C2. The van der Waals surface area contributed by atoms with Crippen molar-refractivity contribution in [1.29, 1.82) is 0 Å². The zero-order valence-corrected chi connectivity index (χ0v) is 18.5. The highest BCUT2D eigenvalue weighted by Crippen LogP contribution is 2.61. The Balaban J connectivity index is 1.49. The lowest BCUT2D eigenvalue weighted by molar-refractivity contribution is -0.139. The maximum Gasteiger partial charge on any atom is 0.328 e. The number of aliphatic carboxylic acids is 1. The largest absolute Gasteiger partial charge is 0.480 e. The molecule has 2 bridgehead atoms. The van der Waals surface area contributed by atoms with Crippen LogP contribution in [-0.4, -0.2) is 42.1 Å². The summed E-state index contributed by atoms with van der Waals surface area (Å²) >= 11 is 12.0. The number of carbonyl (C=O) groups is 3. The minimum Gasteiger partial charge on any atom is -0.480 e. The molecule has 0 saturated heterocycles. The molecule has 0 aromatic heterocycles. The first-order valence-corrected chi connectivity index (χ1v) is 10.9. The molecule has 7 nitrogen and oxygen atoms in total. The van der Waals surface area contributed by atoms with Crippen LogP contribution in [0.3, 0.4) is 0 Å². The molecule has 3 saturated carbocycles. The van der Waals surface area contributed by atoms with Gasteiger partial charge in [-0.3, -0.25) is 4.79 Å². The van der Waals surface area contributed by atoms with Gasteiger partial charge in [-0.15, -0.1) is 0 Å². The van der Waals surface area contributed by atoms with Gasteiger partial charge in [-0.05, 0) is 54.6 Å². The van der Waals surface area contributed by atoms with Crippen LogP contribution in [0.2, 0.25) is 10.0 Å². The lowest BCUT2D eigenvalue weighted by atomic mass is 9.45. The van der Waals surface area contributed by atoms with Crippen LogP contribution in [-0.2, 0) is 4.79 Å². The lowest BCUT2D eigenvalue weighted by Crippen LogP contribution is -2.55. The Kier molecular flexibility index (Phi) is 6.82. The van der Waals surface area contributed by atoms with E-state index in [-0.39, 0.29) is 22.2 Å². The summed E-state index contributed by atoms with van der Waals surface area (Å²) in [5.74, 6) is -0.152. The van der Waals surface area contributed by atoms with Gasteiger partial charge in [0.05, 0.1) is 22.2 Å². The normalized spacial score (nSPS) is 24.9. The highest BCUT2D eigenvalue weighted by molar-refractivity contribution is 6.39. The fourth-order valence-corrected chi connectivity index (χ4v) is 5.40. The van der Waals surface area contributed by atoms with Gasteiger partial charge in [-0.1, -0.05) is 43.1 Å². The average Bonchev–Trinajstić information content (AvgIpc) is 2.69. The molecule has 3 amide bonds. The first kappa shape index (κ1) is 22.7. The minimum atomic E-state index is -1.32. The summed E-state index contributed by atoms with van der Waals surface area (Å²) < 4.78 is 0. The van der Waals surface area contributed by atoms with Gasteiger partial charge in [0.15, 0.2) is 0 Å².